The molecular weight excluding hydrogens is 264 g/mol. The zero-order valence-electron chi connectivity index (χ0n) is 11.2. The molecule has 0 spiro atoms. The second-order valence-corrected chi connectivity index (χ2v) is 7.04. The number of anilines is 2. The molecule has 1 aromatic rings. The molecule has 1 aromatic carbocycles. The highest BCUT2D eigenvalue weighted by molar-refractivity contribution is 7.90. The number of sulfone groups is 1. The molecule has 19 heavy (non-hydrogen) atoms. The highest BCUT2D eigenvalue weighted by Crippen LogP contribution is 2.25. The average Bonchev–Trinajstić information content (AvgIpc) is 2.72. The fourth-order valence-corrected chi connectivity index (χ4v) is 2.87. The molecule has 0 aliphatic carbocycles. The molecule has 2 rings (SSSR count). The highest BCUT2D eigenvalue weighted by Gasteiger charge is 2.23. The molecule has 0 bridgehead atoms. The standard InChI is InChI=1S/C13H20N2O3S/c1-9-10(5-6-18-9)8-15-13-4-3-11(7-12(13)14)19(2,16)17/h3-4,7,9-10,15H,5-6,8,14H2,1-2H3. The zero-order valence-corrected chi connectivity index (χ0v) is 12.0. The normalized spacial score (nSPS) is 23.5. The van der Waals surface area contributed by atoms with Crippen LogP contribution in [-0.2, 0) is 14.6 Å². The van der Waals surface area contributed by atoms with Gasteiger partial charge in [0.2, 0.25) is 0 Å². The number of ether oxygens (including phenoxy) is 1. The lowest BCUT2D eigenvalue weighted by Gasteiger charge is -2.17. The van der Waals surface area contributed by atoms with Gasteiger partial charge in [0.05, 0.1) is 22.4 Å². The van der Waals surface area contributed by atoms with E-state index in [1.54, 1.807) is 12.1 Å². The Morgan fingerprint density at radius 1 is 1.47 bits per heavy atom. The number of nitrogen functional groups attached to an aromatic ring is 1. The molecule has 1 aliphatic rings. The van der Waals surface area contributed by atoms with Crippen LogP contribution >= 0.6 is 0 Å². The van der Waals surface area contributed by atoms with E-state index in [2.05, 4.69) is 12.2 Å². The molecule has 1 fully saturated rings. The van der Waals surface area contributed by atoms with Crippen molar-refractivity contribution in [2.24, 2.45) is 5.92 Å². The van der Waals surface area contributed by atoms with E-state index in [0.29, 0.717) is 11.6 Å². The Bertz CT molecular complexity index is 557. The highest BCUT2D eigenvalue weighted by atomic mass is 32.2. The first-order valence-electron chi connectivity index (χ1n) is 6.33. The maximum Gasteiger partial charge on any atom is 0.175 e. The predicted molar refractivity (Wildman–Crippen MR) is 76.0 cm³/mol. The summed E-state index contributed by atoms with van der Waals surface area (Å²) in [5.41, 5.74) is 7.10. The van der Waals surface area contributed by atoms with E-state index in [1.807, 2.05) is 0 Å². The second kappa shape index (κ2) is 5.38. The Balaban J connectivity index is 2.05. The van der Waals surface area contributed by atoms with Gasteiger partial charge in [-0.05, 0) is 31.5 Å². The molecule has 0 aromatic heterocycles. The molecular formula is C13H20N2O3S. The number of benzene rings is 1. The van der Waals surface area contributed by atoms with E-state index < -0.39 is 9.84 Å². The minimum atomic E-state index is -3.21. The van der Waals surface area contributed by atoms with Crippen LogP contribution in [0.5, 0.6) is 0 Å². The fourth-order valence-electron chi connectivity index (χ4n) is 2.22. The van der Waals surface area contributed by atoms with E-state index in [1.165, 1.54) is 12.3 Å². The van der Waals surface area contributed by atoms with Gasteiger partial charge < -0.3 is 15.8 Å². The molecule has 1 saturated heterocycles. The van der Waals surface area contributed by atoms with E-state index in [-0.39, 0.29) is 11.0 Å². The molecule has 0 radical (unpaired) electrons. The quantitative estimate of drug-likeness (QED) is 0.819. The molecule has 2 atom stereocenters. The molecule has 5 nitrogen and oxygen atoms in total. The molecule has 106 valence electrons. The Labute approximate surface area is 114 Å². The maximum absolute atomic E-state index is 11.4. The topological polar surface area (TPSA) is 81.4 Å². The number of nitrogens with two attached hydrogens (primary N) is 1. The van der Waals surface area contributed by atoms with Crippen LogP contribution in [0.2, 0.25) is 0 Å². The smallest absolute Gasteiger partial charge is 0.175 e. The van der Waals surface area contributed by atoms with Gasteiger partial charge in [0.25, 0.3) is 0 Å². The summed E-state index contributed by atoms with van der Waals surface area (Å²) in [5.74, 6) is 0.467. The van der Waals surface area contributed by atoms with Crippen molar-refractivity contribution in [2.75, 3.05) is 30.5 Å². The number of hydrogen-bond donors (Lipinski definition) is 2. The van der Waals surface area contributed by atoms with Crippen molar-refractivity contribution in [2.45, 2.75) is 24.3 Å². The van der Waals surface area contributed by atoms with Crippen LogP contribution in [0.3, 0.4) is 0 Å². The summed E-state index contributed by atoms with van der Waals surface area (Å²) in [4.78, 5) is 0.244. The molecule has 0 saturated carbocycles. The van der Waals surface area contributed by atoms with Crippen molar-refractivity contribution in [1.82, 2.24) is 0 Å². The number of rotatable bonds is 4. The Hall–Kier alpha value is -1.27. The summed E-state index contributed by atoms with van der Waals surface area (Å²) in [6.07, 6.45) is 2.46. The minimum Gasteiger partial charge on any atom is -0.397 e. The van der Waals surface area contributed by atoms with Crippen LogP contribution in [0.15, 0.2) is 23.1 Å². The summed E-state index contributed by atoms with van der Waals surface area (Å²) in [5, 5.41) is 3.26. The third-order valence-corrected chi connectivity index (χ3v) is 4.65. The first-order valence-corrected chi connectivity index (χ1v) is 8.22. The lowest BCUT2D eigenvalue weighted by atomic mass is 10.0. The summed E-state index contributed by atoms with van der Waals surface area (Å²) >= 11 is 0. The zero-order chi connectivity index (χ0) is 14.0. The van der Waals surface area contributed by atoms with Gasteiger partial charge in [-0.15, -0.1) is 0 Å². The van der Waals surface area contributed by atoms with Gasteiger partial charge in [0.1, 0.15) is 0 Å². The van der Waals surface area contributed by atoms with Gasteiger partial charge in [-0.3, -0.25) is 0 Å². The predicted octanol–water partition coefficient (Wildman–Crippen LogP) is 1.51. The summed E-state index contributed by atoms with van der Waals surface area (Å²) in [6, 6.07) is 4.78. The van der Waals surface area contributed by atoms with E-state index >= 15 is 0 Å². The maximum atomic E-state index is 11.4. The van der Waals surface area contributed by atoms with Crippen LogP contribution in [0.4, 0.5) is 11.4 Å². The lowest BCUT2D eigenvalue weighted by molar-refractivity contribution is 0.108. The van der Waals surface area contributed by atoms with Gasteiger partial charge in [0.15, 0.2) is 9.84 Å². The Kier molecular flexibility index (Phi) is 4.01. The van der Waals surface area contributed by atoms with Crippen LogP contribution in [0.25, 0.3) is 0 Å². The van der Waals surface area contributed by atoms with E-state index in [9.17, 15) is 8.42 Å². The summed E-state index contributed by atoms with van der Waals surface area (Å²) < 4.78 is 28.3. The third kappa shape index (κ3) is 3.39. The largest absolute Gasteiger partial charge is 0.397 e. The first kappa shape index (κ1) is 14.1. The Morgan fingerprint density at radius 3 is 2.74 bits per heavy atom. The van der Waals surface area contributed by atoms with Crippen molar-refractivity contribution < 1.29 is 13.2 Å². The Morgan fingerprint density at radius 2 is 2.21 bits per heavy atom. The van der Waals surface area contributed by atoms with Gasteiger partial charge in [-0.25, -0.2) is 8.42 Å². The van der Waals surface area contributed by atoms with Crippen LogP contribution in [-0.4, -0.2) is 33.9 Å². The van der Waals surface area contributed by atoms with Crippen molar-refractivity contribution >= 4 is 21.2 Å². The molecule has 3 N–H and O–H groups in total. The third-order valence-electron chi connectivity index (χ3n) is 3.54. The van der Waals surface area contributed by atoms with Crippen LogP contribution in [0.1, 0.15) is 13.3 Å². The fraction of sp³-hybridized carbons (Fsp3) is 0.538. The van der Waals surface area contributed by atoms with Crippen molar-refractivity contribution in [1.29, 1.82) is 0 Å². The minimum absolute atomic E-state index is 0.244. The SMILES string of the molecule is CC1OCCC1CNc1ccc(S(C)(=O)=O)cc1N. The van der Waals surface area contributed by atoms with Gasteiger partial charge in [-0.2, -0.15) is 0 Å². The van der Waals surface area contributed by atoms with Crippen molar-refractivity contribution in [3.8, 4) is 0 Å². The average molecular weight is 284 g/mol. The molecule has 1 heterocycles. The molecule has 0 amide bonds. The monoisotopic (exact) mass is 284 g/mol. The van der Waals surface area contributed by atoms with Crippen molar-refractivity contribution in [3.05, 3.63) is 18.2 Å². The summed E-state index contributed by atoms with van der Waals surface area (Å²) in [7, 11) is -3.21. The lowest BCUT2D eigenvalue weighted by Crippen LogP contribution is -2.21. The van der Waals surface area contributed by atoms with Gasteiger partial charge in [-0.1, -0.05) is 0 Å². The van der Waals surface area contributed by atoms with E-state index in [4.69, 9.17) is 10.5 Å². The van der Waals surface area contributed by atoms with Gasteiger partial charge in [0, 0.05) is 25.3 Å². The number of nitrogens with one attached hydrogen (secondary N) is 1. The molecule has 6 heteroatoms. The van der Waals surface area contributed by atoms with E-state index in [0.717, 1.165) is 25.3 Å². The number of hydrogen-bond acceptors (Lipinski definition) is 5. The van der Waals surface area contributed by atoms with Crippen LogP contribution < -0.4 is 11.1 Å². The summed E-state index contributed by atoms with van der Waals surface area (Å²) in [6.45, 7) is 3.65. The van der Waals surface area contributed by atoms with Crippen LogP contribution in [0, 0.1) is 5.92 Å². The second-order valence-electron chi connectivity index (χ2n) is 5.03. The first-order chi connectivity index (χ1) is 8.88. The van der Waals surface area contributed by atoms with Crippen molar-refractivity contribution in [3.63, 3.8) is 0 Å². The van der Waals surface area contributed by atoms with Gasteiger partial charge >= 0.3 is 0 Å². The molecule has 2 unspecified atom stereocenters. The molecule has 1 aliphatic heterocycles.